The first-order valence-corrected chi connectivity index (χ1v) is 6.40. The second-order valence-corrected chi connectivity index (χ2v) is 5.01. The van der Waals surface area contributed by atoms with Crippen molar-refractivity contribution in [3.8, 4) is 0 Å². The normalized spacial score (nSPS) is 10.5. The zero-order valence-corrected chi connectivity index (χ0v) is 11.6. The van der Waals surface area contributed by atoms with Gasteiger partial charge in [0.15, 0.2) is 5.78 Å². The number of carbonyl (C=O) groups is 1. The van der Waals surface area contributed by atoms with Crippen LogP contribution in [0.2, 0.25) is 5.02 Å². The summed E-state index contributed by atoms with van der Waals surface area (Å²) in [6.07, 6.45) is 0.112. The molecule has 0 saturated heterocycles. The summed E-state index contributed by atoms with van der Waals surface area (Å²) >= 11 is 5.86. The minimum Gasteiger partial charge on any atom is -0.294 e. The molecule has 0 amide bonds. The van der Waals surface area contributed by atoms with Crippen LogP contribution >= 0.6 is 11.6 Å². The van der Waals surface area contributed by atoms with Gasteiger partial charge >= 0.3 is 0 Å². The molecule has 1 nitrogen and oxygen atoms in total. The molecule has 2 aromatic rings. The minimum absolute atomic E-state index is 0.0283. The van der Waals surface area contributed by atoms with E-state index in [4.69, 9.17) is 11.6 Å². The Bertz CT molecular complexity index is 635. The summed E-state index contributed by atoms with van der Waals surface area (Å²) in [5.74, 6) is -0.544. The van der Waals surface area contributed by atoms with E-state index in [1.165, 1.54) is 6.07 Å². The Hall–Kier alpha value is -1.67. The minimum atomic E-state index is -0.493. The second-order valence-electron chi connectivity index (χ2n) is 4.63. The number of aryl methyl sites for hydroxylation is 2. The van der Waals surface area contributed by atoms with Crippen molar-refractivity contribution >= 4 is 17.4 Å². The zero-order valence-electron chi connectivity index (χ0n) is 10.8. The lowest BCUT2D eigenvalue weighted by Gasteiger charge is -2.07. The molecule has 2 rings (SSSR count). The van der Waals surface area contributed by atoms with Crippen molar-refractivity contribution in [3.05, 3.63) is 69.5 Å². The first-order chi connectivity index (χ1) is 8.99. The van der Waals surface area contributed by atoms with Gasteiger partial charge in [-0.3, -0.25) is 4.79 Å². The van der Waals surface area contributed by atoms with Crippen LogP contribution in [0, 0.1) is 19.7 Å². The van der Waals surface area contributed by atoms with Crippen molar-refractivity contribution in [2.45, 2.75) is 20.3 Å². The predicted octanol–water partition coefficient (Wildman–Crippen LogP) is 4.52. The SMILES string of the molecule is Cc1ccc(C(=O)Cc2cccc(F)c2Cl)c(C)c1. The van der Waals surface area contributed by atoms with Crippen LogP contribution in [0.4, 0.5) is 4.39 Å². The van der Waals surface area contributed by atoms with E-state index in [1.54, 1.807) is 18.2 Å². The highest BCUT2D eigenvalue weighted by Gasteiger charge is 2.13. The van der Waals surface area contributed by atoms with Gasteiger partial charge in [-0.25, -0.2) is 4.39 Å². The van der Waals surface area contributed by atoms with Gasteiger partial charge in [0.2, 0.25) is 0 Å². The molecule has 0 radical (unpaired) electrons. The molecular weight excluding hydrogens is 263 g/mol. The quantitative estimate of drug-likeness (QED) is 0.753. The van der Waals surface area contributed by atoms with E-state index in [2.05, 4.69) is 0 Å². The van der Waals surface area contributed by atoms with Crippen molar-refractivity contribution in [2.24, 2.45) is 0 Å². The average molecular weight is 277 g/mol. The van der Waals surface area contributed by atoms with E-state index in [-0.39, 0.29) is 17.2 Å². The maximum absolute atomic E-state index is 13.3. The van der Waals surface area contributed by atoms with Crippen LogP contribution in [0.3, 0.4) is 0 Å². The van der Waals surface area contributed by atoms with Gasteiger partial charge in [-0.1, -0.05) is 47.5 Å². The van der Waals surface area contributed by atoms with E-state index in [0.29, 0.717) is 11.1 Å². The first-order valence-electron chi connectivity index (χ1n) is 6.02. The Balaban J connectivity index is 2.28. The Morgan fingerprint density at radius 2 is 1.95 bits per heavy atom. The molecule has 19 heavy (non-hydrogen) atoms. The molecule has 0 aromatic heterocycles. The third-order valence-corrected chi connectivity index (χ3v) is 3.49. The maximum atomic E-state index is 13.3. The Morgan fingerprint density at radius 1 is 1.21 bits per heavy atom. The van der Waals surface area contributed by atoms with Crippen molar-refractivity contribution < 1.29 is 9.18 Å². The number of carbonyl (C=O) groups excluding carboxylic acids is 1. The van der Waals surface area contributed by atoms with Crippen LogP contribution in [0.5, 0.6) is 0 Å². The fourth-order valence-electron chi connectivity index (χ4n) is 2.08. The summed E-state index contributed by atoms with van der Waals surface area (Å²) in [5, 5.41) is 0.0283. The highest BCUT2D eigenvalue weighted by Crippen LogP contribution is 2.22. The third kappa shape index (κ3) is 3.02. The van der Waals surface area contributed by atoms with Crippen molar-refractivity contribution in [2.75, 3.05) is 0 Å². The summed E-state index contributed by atoms with van der Waals surface area (Å²) in [6.45, 7) is 3.87. The molecule has 0 atom stereocenters. The smallest absolute Gasteiger partial charge is 0.167 e. The molecule has 0 spiro atoms. The summed E-state index contributed by atoms with van der Waals surface area (Å²) in [4.78, 5) is 12.2. The van der Waals surface area contributed by atoms with Crippen LogP contribution in [0.1, 0.15) is 27.0 Å². The maximum Gasteiger partial charge on any atom is 0.167 e. The lowest BCUT2D eigenvalue weighted by molar-refractivity contribution is 0.0992. The second kappa shape index (κ2) is 5.54. The largest absolute Gasteiger partial charge is 0.294 e. The molecule has 0 N–H and O–H groups in total. The van der Waals surface area contributed by atoms with Crippen LogP contribution in [-0.4, -0.2) is 5.78 Å². The van der Waals surface area contributed by atoms with E-state index in [1.807, 2.05) is 26.0 Å². The van der Waals surface area contributed by atoms with Gasteiger partial charge in [0.25, 0.3) is 0 Å². The number of benzene rings is 2. The van der Waals surface area contributed by atoms with E-state index in [9.17, 15) is 9.18 Å². The number of hydrogen-bond acceptors (Lipinski definition) is 1. The molecule has 2 aromatic carbocycles. The van der Waals surface area contributed by atoms with Crippen LogP contribution in [-0.2, 0) is 6.42 Å². The summed E-state index contributed by atoms with van der Waals surface area (Å²) in [7, 11) is 0. The Morgan fingerprint density at radius 3 is 2.63 bits per heavy atom. The van der Waals surface area contributed by atoms with Crippen molar-refractivity contribution in [1.82, 2.24) is 0 Å². The lowest BCUT2D eigenvalue weighted by Crippen LogP contribution is -2.06. The van der Waals surface area contributed by atoms with Crippen LogP contribution in [0.15, 0.2) is 36.4 Å². The van der Waals surface area contributed by atoms with Gasteiger partial charge in [0, 0.05) is 12.0 Å². The van der Waals surface area contributed by atoms with Crippen molar-refractivity contribution in [1.29, 1.82) is 0 Å². The molecular formula is C16H14ClFO. The molecule has 0 fully saturated rings. The lowest BCUT2D eigenvalue weighted by atomic mass is 9.98. The summed E-state index contributed by atoms with van der Waals surface area (Å²) < 4.78 is 13.3. The molecule has 98 valence electrons. The molecule has 0 unspecified atom stereocenters. The monoisotopic (exact) mass is 276 g/mol. The number of hydrogen-bond donors (Lipinski definition) is 0. The van der Waals surface area contributed by atoms with Gasteiger partial charge in [-0.15, -0.1) is 0 Å². The number of ketones is 1. The standard InChI is InChI=1S/C16H14ClFO/c1-10-6-7-13(11(2)8-10)15(19)9-12-4-3-5-14(18)16(12)17/h3-8H,9H2,1-2H3. The summed E-state index contributed by atoms with van der Waals surface area (Å²) in [6, 6.07) is 10.2. The third-order valence-electron chi connectivity index (χ3n) is 3.06. The van der Waals surface area contributed by atoms with E-state index >= 15 is 0 Å². The Labute approximate surface area is 117 Å². The van der Waals surface area contributed by atoms with Crippen LogP contribution < -0.4 is 0 Å². The fourth-order valence-corrected chi connectivity index (χ4v) is 2.27. The Kier molecular flexibility index (Phi) is 4.01. The fraction of sp³-hybridized carbons (Fsp3) is 0.188. The van der Waals surface area contributed by atoms with Crippen molar-refractivity contribution in [3.63, 3.8) is 0 Å². The highest BCUT2D eigenvalue weighted by atomic mass is 35.5. The van der Waals surface area contributed by atoms with Crippen LogP contribution in [0.25, 0.3) is 0 Å². The first kappa shape index (κ1) is 13.8. The van der Waals surface area contributed by atoms with Gasteiger partial charge in [0.1, 0.15) is 5.82 Å². The number of Topliss-reactive ketones (excluding diaryl/α,β-unsaturated/α-hetero) is 1. The molecule has 0 heterocycles. The van der Waals surface area contributed by atoms with Gasteiger partial charge < -0.3 is 0 Å². The van der Waals surface area contributed by atoms with E-state index < -0.39 is 5.82 Å². The number of halogens is 2. The highest BCUT2D eigenvalue weighted by molar-refractivity contribution is 6.31. The predicted molar refractivity (Wildman–Crippen MR) is 75.4 cm³/mol. The number of rotatable bonds is 3. The average Bonchev–Trinajstić information content (AvgIpc) is 2.34. The summed E-state index contributed by atoms with van der Waals surface area (Å²) in [5.41, 5.74) is 3.22. The van der Waals surface area contributed by atoms with Gasteiger partial charge in [-0.2, -0.15) is 0 Å². The molecule has 0 bridgehead atoms. The van der Waals surface area contributed by atoms with Gasteiger partial charge in [0.05, 0.1) is 5.02 Å². The molecule has 0 aliphatic heterocycles. The topological polar surface area (TPSA) is 17.1 Å². The zero-order chi connectivity index (χ0) is 14.0. The molecule has 0 aliphatic rings. The van der Waals surface area contributed by atoms with Gasteiger partial charge in [-0.05, 0) is 31.0 Å². The van der Waals surface area contributed by atoms with E-state index in [0.717, 1.165) is 11.1 Å². The molecule has 3 heteroatoms. The molecule has 0 saturated carbocycles. The molecule has 0 aliphatic carbocycles.